The van der Waals surface area contributed by atoms with E-state index in [1.54, 1.807) is 47.2 Å². The number of rotatable bonds is 4. The van der Waals surface area contributed by atoms with Gasteiger partial charge < -0.3 is 20.7 Å². The van der Waals surface area contributed by atoms with Crippen LogP contribution in [0.15, 0.2) is 70.1 Å². The third kappa shape index (κ3) is 5.48. The maximum absolute atomic E-state index is 13.2. The van der Waals surface area contributed by atoms with Crippen LogP contribution >= 0.6 is 15.9 Å². The molecule has 0 spiro atoms. The highest BCUT2D eigenvalue weighted by molar-refractivity contribution is 9.10. The molecule has 2 aromatic heterocycles. The number of benzene rings is 2. The van der Waals surface area contributed by atoms with Crippen LogP contribution in [0.3, 0.4) is 0 Å². The quantitative estimate of drug-likeness (QED) is 0.352. The molecule has 1 aliphatic heterocycles. The van der Waals surface area contributed by atoms with Crippen LogP contribution in [0.1, 0.15) is 34.3 Å². The second-order valence-corrected chi connectivity index (χ2v) is 9.31. The van der Waals surface area contributed by atoms with Gasteiger partial charge in [0.15, 0.2) is 0 Å². The van der Waals surface area contributed by atoms with Crippen molar-refractivity contribution in [1.29, 1.82) is 5.26 Å². The second-order valence-electron chi connectivity index (χ2n) is 8.45. The van der Waals surface area contributed by atoms with Crippen molar-refractivity contribution in [2.45, 2.75) is 25.4 Å². The second kappa shape index (κ2) is 11.2. The average molecular weight is 549 g/mol. The van der Waals surface area contributed by atoms with Crippen molar-refractivity contribution in [3.63, 3.8) is 0 Å². The van der Waals surface area contributed by atoms with Gasteiger partial charge in [-0.3, -0.25) is 9.36 Å². The number of anilines is 1. The Bertz CT molecular complexity index is 1470. The number of carboxylic acid groups (broad SMARTS) is 1. The van der Waals surface area contributed by atoms with E-state index in [-0.39, 0.29) is 18.1 Å². The summed E-state index contributed by atoms with van der Waals surface area (Å²) < 4.78 is 2.39. The Balaban J connectivity index is 0.000000286. The predicted octanol–water partition coefficient (Wildman–Crippen LogP) is 3.72. The van der Waals surface area contributed by atoms with E-state index in [9.17, 15) is 14.9 Å². The molecule has 0 unspecified atom stereocenters. The molecule has 0 aliphatic carbocycles. The van der Waals surface area contributed by atoms with Crippen LogP contribution in [-0.2, 0) is 6.54 Å². The summed E-state index contributed by atoms with van der Waals surface area (Å²) in [5.74, 6) is -0.286. The summed E-state index contributed by atoms with van der Waals surface area (Å²) in [7, 11) is 0. The van der Waals surface area contributed by atoms with Gasteiger partial charge in [-0.2, -0.15) is 5.26 Å². The molecule has 1 fully saturated rings. The largest absolute Gasteiger partial charge is 0.478 e. The zero-order chi connectivity index (χ0) is 25.7. The van der Waals surface area contributed by atoms with Crippen molar-refractivity contribution in [2.75, 3.05) is 18.0 Å². The number of hydrogen-bond donors (Lipinski definition) is 3. The number of aromatic amines is 1. The molecule has 9 nitrogen and oxygen atoms in total. The first-order valence-corrected chi connectivity index (χ1v) is 12.2. The lowest BCUT2D eigenvalue weighted by Gasteiger charge is -2.33. The van der Waals surface area contributed by atoms with E-state index in [1.807, 2.05) is 18.2 Å². The van der Waals surface area contributed by atoms with E-state index in [4.69, 9.17) is 15.8 Å². The fraction of sp³-hybridized carbons (Fsp3) is 0.231. The third-order valence-corrected chi connectivity index (χ3v) is 6.55. The first-order valence-electron chi connectivity index (χ1n) is 11.4. The monoisotopic (exact) mass is 548 g/mol. The van der Waals surface area contributed by atoms with Gasteiger partial charge in [-0.15, -0.1) is 0 Å². The highest BCUT2D eigenvalue weighted by atomic mass is 79.9. The molecule has 0 amide bonds. The minimum absolute atomic E-state index is 0.0564. The molecule has 1 saturated heterocycles. The highest BCUT2D eigenvalue weighted by Crippen LogP contribution is 2.25. The van der Waals surface area contributed by atoms with Gasteiger partial charge in [0.05, 0.1) is 28.2 Å². The van der Waals surface area contributed by atoms with E-state index in [0.717, 1.165) is 29.4 Å². The Morgan fingerprint density at radius 1 is 1.22 bits per heavy atom. The number of H-pyrrole nitrogens is 1. The van der Waals surface area contributed by atoms with E-state index >= 15 is 0 Å². The maximum Gasteiger partial charge on any atom is 0.335 e. The van der Waals surface area contributed by atoms with Crippen molar-refractivity contribution < 1.29 is 9.90 Å². The number of piperidine rings is 1. The number of hydrogen-bond acceptors (Lipinski definition) is 6. The van der Waals surface area contributed by atoms with Crippen LogP contribution in [0.25, 0.3) is 11.0 Å². The molecular weight excluding hydrogens is 524 g/mol. The molecule has 1 atom stereocenters. The molecular formula is C26H25BrN6O3. The van der Waals surface area contributed by atoms with Crippen LogP contribution < -0.4 is 16.2 Å². The Kier molecular flexibility index (Phi) is 7.83. The molecule has 3 heterocycles. The fourth-order valence-corrected chi connectivity index (χ4v) is 4.55. The van der Waals surface area contributed by atoms with E-state index in [0.29, 0.717) is 34.7 Å². The molecule has 0 bridgehead atoms. The number of nitrogens with one attached hydrogen (secondary N) is 1. The number of nitrogens with two attached hydrogens (primary N) is 1. The van der Waals surface area contributed by atoms with Gasteiger partial charge in [-0.05, 0) is 52.5 Å². The molecule has 4 aromatic rings. The Hall–Kier alpha value is -3.94. The van der Waals surface area contributed by atoms with Crippen molar-refractivity contribution >= 4 is 38.9 Å². The number of halogens is 1. The molecule has 4 N–H and O–H groups in total. The molecule has 2 aromatic carbocycles. The average Bonchev–Trinajstić information content (AvgIpc) is 3.27. The standard InChI is InChI=1S/C19H19BrN6O.C7H6O2/c20-15-9-23-17-16(15)24-19(25-7-3-6-14(22)11-25)26(18(17)27)10-13-5-2-1-4-12(13)8-21;8-7(9)6-4-2-1-3-5-6/h1-2,4-5,9,14,23H,3,6-7,10-11,22H2;1-5H,(H,8,9)/t14-;/m1./s1. The van der Waals surface area contributed by atoms with Gasteiger partial charge in [-0.25, -0.2) is 9.78 Å². The molecule has 184 valence electrons. The van der Waals surface area contributed by atoms with Gasteiger partial charge in [-0.1, -0.05) is 36.4 Å². The van der Waals surface area contributed by atoms with Crippen molar-refractivity contribution in [3.8, 4) is 6.07 Å². The molecule has 36 heavy (non-hydrogen) atoms. The molecule has 10 heteroatoms. The number of nitriles is 1. The first-order chi connectivity index (χ1) is 17.4. The Morgan fingerprint density at radius 2 is 1.94 bits per heavy atom. The SMILES string of the molecule is N#Cc1ccccc1Cn1c(N2CCC[C@@H](N)C2)nc2c(Br)c[nH]c2c1=O.O=C(O)c1ccccc1. The lowest BCUT2D eigenvalue weighted by atomic mass is 10.1. The van der Waals surface area contributed by atoms with Crippen LogP contribution in [0.2, 0.25) is 0 Å². The molecule has 5 rings (SSSR count). The van der Waals surface area contributed by atoms with E-state index < -0.39 is 5.97 Å². The topological polar surface area (TPSA) is 141 Å². The first kappa shape index (κ1) is 25.2. The van der Waals surface area contributed by atoms with Crippen LogP contribution in [-0.4, -0.2) is 44.7 Å². The zero-order valence-electron chi connectivity index (χ0n) is 19.4. The van der Waals surface area contributed by atoms with Crippen LogP contribution in [0.5, 0.6) is 0 Å². The smallest absolute Gasteiger partial charge is 0.335 e. The predicted molar refractivity (Wildman–Crippen MR) is 141 cm³/mol. The summed E-state index contributed by atoms with van der Waals surface area (Å²) in [6.07, 6.45) is 3.64. The minimum atomic E-state index is -0.879. The van der Waals surface area contributed by atoms with Gasteiger partial charge in [0.1, 0.15) is 11.0 Å². The summed E-state index contributed by atoms with van der Waals surface area (Å²) >= 11 is 3.46. The van der Waals surface area contributed by atoms with Crippen molar-refractivity contribution in [1.82, 2.24) is 14.5 Å². The van der Waals surface area contributed by atoms with E-state index in [2.05, 4.69) is 31.9 Å². The van der Waals surface area contributed by atoms with Gasteiger partial charge in [0, 0.05) is 25.3 Å². The number of nitrogens with zero attached hydrogens (tertiary/aromatic N) is 4. The summed E-state index contributed by atoms with van der Waals surface area (Å²) in [6, 6.07) is 17.9. The fourth-order valence-electron chi connectivity index (χ4n) is 4.14. The lowest BCUT2D eigenvalue weighted by Crippen LogP contribution is -2.45. The number of carbonyl (C=O) groups is 1. The van der Waals surface area contributed by atoms with Crippen molar-refractivity contribution in [3.05, 3.63) is 92.3 Å². The highest BCUT2D eigenvalue weighted by Gasteiger charge is 2.24. The van der Waals surface area contributed by atoms with Crippen molar-refractivity contribution in [2.24, 2.45) is 5.73 Å². The summed E-state index contributed by atoms with van der Waals surface area (Å²) in [4.78, 5) is 33.3. The summed E-state index contributed by atoms with van der Waals surface area (Å²) in [5, 5.41) is 17.8. The lowest BCUT2D eigenvalue weighted by molar-refractivity contribution is 0.0697. The van der Waals surface area contributed by atoms with Gasteiger partial charge in [0.2, 0.25) is 5.95 Å². The maximum atomic E-state index is 13.2. The van der Waals surface area contributed by atoms with Crippen LogP contribution in [0, 0.1) is 11.3 Å². The summed E-state index contributed by atoms with van der Waals surface area (Å²) in [6.45, 7) is 1.73. The Labute approximate surface area is 215 Å². The normalized spacial score (nSPS) is 15.1. The third-order valence-electron chi connectivity index (χ3n) is 5.95. The minimum Gasteiger partial charge on any atom is -0.478 e. The number of carboxylic acids is 1. The zero-order valence-corrected chi connectivity index (χ0v) is 21.0. The van der Waals surface area contributed by atoms with Gasteiger partial charge >= 0.3 is 5.97 Å². The number of fused-ring (bicyclic) bond motifs is 1. The Morgan fingerprint density at radius 3 is 2.61 bits per heavy atom. The molecule has 1 aliphatic rings. The number of aromatic nitrogens is 3. The molecule has 0 radical (unpaired) electrons. The summed E-state index contributed by atoms with van der Waals surface area (Å²) in [5.41, 5.74) is 8.73. The molecule has 0 saturated carbocycles. The van der Waals surface area contributed by atoms with Gasteiger partial charge in [0.25, 0.3) is 5.56 Å². The number of aromatic carboxylic acids is 1. The van der Waals surface area contributed by atoms with Crippen LogP contribution in [0.4, 0.5) is 5.95 Å². The van der Waals surface area contributed by atoms with E-state index in [1.165, 1.54) is 0 Å².